The van der Waals surface area contributed by atoms with Crippen LogP contribution in [0.1, 0.15) is 25.7 Å². The number of rotatable bonds is 1. The minimum absolute atomic E-state index is 0. The summed E-state index contributed by atoms with van der Waals surface area (Å²) in [5.74, 6) is 2.78. The second-order valence-corrected chi connectivity index (χ2v) is 7.12. The van der Waals surface area contributed by atoms with Crippen molar-refractivity contribution < 1.29 is 28.5 Å². The molecule has 0 atom stereocenters. The monoisotopic (exact) mass is 345 g/mol. The number of halogens is 1. The van der Waals surface area contributed by atoms with Crippen LogP contribution >= 0.6 is 21.6 Å². The van der Waals surface area contributed by atoms with Crippen LogP contribution in [-0.4, -0.2) is 42.2 Å². The van der Waals surface area contributed by atoms with Gasteiger partial charge in [-0.1, -0.05) is 21.6 Å². The summed E-state index contributed by atoms with van der Waals surface area (Å²) in [5, 5.41) is 0. The molecule has 2 aliphatic rings. The fourth-order valence-corrected chi connectivity index (χ4v) is 5.57. The zero-order valence-corrected chi connectivity index (χ0v) is 12.7. The molecular formula is C10H20INS2. The van der Waals surface area contributed by atoms with E-state index >= 15 is 0 Å². The van der Waals surface area contributed by atoms with Gasteiger partial charge in [-0.25, -0.2) is 0 Å². The summed E-state index contributed by atoms with van der Waals surface area (Å²) < 4.78 is 1.38. The Morgan fingerprint density at radius 2 is 1.43 bits per heavy atom. The van der Waals surface area contributed by atoms with Crippen LogP contribution in [0.2, 0.25) is 0 Å². The van der Waals surface area contributed by atoms with Crippen molar-refractivity contribution in [3.63, 3.8) is 0 Å². The highest BCUT2D eigenvalue weighted by Crippen LogP contribution is 2.36. The first-order valence-corrected chi connectivity index (χ1v) is 7.89. The van der Waals surface area contributed by atoms with Crippen molar-refractivity contribution in [2.24, 2.45) is 0 Å². The van der Waals surface area contributed by atoms with Gasteiger partial charge in [-0.05, 0) is 25.7 Å². The summed E-state index contributed by atoms with van der Waals surface area (Å²) in [6.45, 7) is 2.87. The summed E-state index contributed by atoms with van der Waals surface area (Å²) in [6, 6.07) is 0.952. The molecule has 0 aromatic carbocycles. The molecule has 2 aliphatic heterocycles. The predicted octanol–water partition coefficient (Wildman–Crippen LogP) is -0.225. The third-order valence-corrected chi connectivity index (χ3v) is 6.10. The Morgan fingerprint density at radius 3 is 1.93 bits per heavy atom. The van der Waals surface area contributed by atoms with Gasteiger partial charge < -0.3 is 28.5 Å². The van der Waals surface area contributed by atoms with E-state index in [0.717, 1.165) is 6.04 Å². The smallest absolute Gasteiger partial charge is 0.109 e. The molecule has 0 radical (unpaired) electrons. The SMILES string of the molecule is C[N+]1(C2CSSC2)CCCCCC1.[I-]. The topological polar surface area (TPSA) is 0 Å². The molecule has 0 N–H and O–H groups in total. The highest BCUT2D eigenvalue weighted by atomic mass is 127. The van der Waals surface area contributed by atoms with Crippen molar-refractivity contribution >= 4 is 21.6 Å². The van der Waals surface area contributed by atoms with Gasteiger partial charge in [0.1, 0.15) is 6.04 Å². The average Bonchev–Trinajstić information content (AvgIpc) is 2.57. The Kier molecular flexibility index (Phi) is 5.96. The van der Waals surface area contributed by atoms with Crippen LogP contribution in [0.15, 0.2) is 0 Å². The fraction of sp³-hybridized carbons (Fsp3) is 1.00. The van der Waals surface area contributed by atoms with E-state index in [0.29, 0.717) is 0 Å². The van der Waals surface area contributed by atoms with E-state index in [1.54, 1.807) is 0 Å². The maximum Gasteiger partial charge on any atom is 0.109 e. The van der Waals surface area contributed by atoms with Gasteiger partial charge in [0.15, 0.2) is 0 Å². The summed E-state index contributed by atoms with van der Waals surface area (Å²) in [5.41, 5.74) is 0. The van der Waals surface area contributed by atoms with Gasteiger partial charge in [-0.2, -0.15) is 0 Å². The molecule has 0 unspecified atom stereocenters. The van der Waals surface area contributed by atoms with Gasteiger partial charge in [0.2, 0.25) is 0 Å². The molecule has 2 rings (SSSR count). The average molecular weight is 345 g/mol. The summed E-state index contributed by atoms with van der Waals surface area (Å²) in [6.07, 6.45) is 5.87. The van der Waals surface area contributed by atoms with Gasteiger partial charge in [-0.15, -0.1) is 0 Å². The summed E-state index contributed by atoms with van der Waals surface area (Å²) >= 11 is 0. The van der Waals surface area contributed by atoms with E-state index in [2.05, 4.69) is 28.6 Å². The van der Waals surface area contributed by atoms with Gasteiger partial charge in [0.05, 0.1) is 31.6 Å². The van der Waals surface area contributed by atoms with Crippen LogP contribution < -0.4 is 24.0 Å². The van der Waals surface area contributed by atoms with Crippen molar-refractivity contribution in [1.29, 1.82) is 0 Å². The predicted molar refractivity (Wildman–Crippen MR) is 63.1 cm³/mol. The summed E-state index contributed by atoms with van der Waals surface area (Å²) in [4.78, 5) is 0. The molecule has 0 spiro atoms. The molecule has 2 fully saturated rings. The largest absolute Gasteiger partial charge is 1.00 e. The zero-order chi connectivity index (χ0) is 9.15. The van der Waals surface area contributed by atoms with E-state index in [4.69, 9.17) is 0 Å². The molecule has 0 aromatic heterocycles. The molecule has 4 heteroatoms. The lowest BCUT2D eigenvalue weighted by Gasteiger charge is -2.38. The Morgan fingerprint density at radius 1 is 0.929 bits per heavy atom. The number of hydrogen-bond acceptors (Lipinski definition) is 2. The third-order valence-electron chi connectivity index (χ3n) is 3.57. The highest BCUT2D eigenvalue weighted by Gasteiger charge is 2.35. The van der Waals surface area contributed by atoms with E-state index in [1.165, 1.54) is 54.8 Å². The Labute approximate surface area is 113 Å². The van der Waals surface area contributed by atoms with Crippen LogP contribution in [0, 0.1) is 0 Å². The molecule has 2 saturated heterocycles. The van der Waals surface area contributed by atoms with Crippen LogP contribution in [-0.2, 0) is 0 Å². The molecule has 2 heterocycles. The molecule has 0 aromatic rings. The number of hydrogen-bond donors (Lipinski definition) is 0. The van der Waals surface area contributed by atoms with E-state index in [1.807, 2.05) is 0 Å². The minimum Gasteiger partial charge on any atom is -1.00 e. The standard InChI is InChI=1S/C10H20NS2.HI/c1-11(10-8-12-13-9-10)6-4-2-3-5-7-11;/h10H,2-9H2,1H3;1H/q+1;/p-1. The first-order valence-electron chi connectivity index (χ1n) is 5.40. The zero-order valence-electron chi connectivity index (χ0n) is 8.88. The van der Waals surface area contributed by atoms with E-state index in [9.17, 15) is 0 Å². The Balaban J connectivity index is 0.000000980. The van der Waals surface area contributed by atoms with Crippen molar-refractivity contribution in [1.82, 2.24) is 0 Å². The van der Waals surface area contributed by atoms with Crippen LogP contribution in [0.3, 0.4) is 0 Å². The first-order chi connectivity index (χ1) is 6.31. The Hall–Kier alpha value is 1.39. The lowest BCUT2D eigenvalue weighted by atomic mass is 10.2. The molecule has 0 saturated carbocycles. The van der Waals surface area contributed by atoms with Crippen LogP contribution in [0.4, 0.5) is 0 Å². The number of quaternary nitrogens is 1. The third kappa shape index (κ3) is 3.19. The van der Waals surface area contributed by atoms with Crippen LogP contribution in [0.5, 0.6) is 0 Å². The fourth-order valence-electron chi connectivity index (χ4n) is 2.44. The van der Waals surface area contributed by atoms with Gasteiger partial charge in [0.25, 0.3) is 0 Å². The van der Waals surface area contributed by atoms with Gasteiger partial charge in [-0.3, -0.25) is 0 Å². The molecule has 14 heavy (non-hydrogen) atoms. The maximum absolute atomic E-state index is 2.49. The van der Waals surface area contributed by atoms with E-state index in [-0.39, 0.29) is 24.0 Å². The van der Waals surface area contributed by atoms with Crippen molar-refractivity contribution in [3.8, 4) is 0 Å². The molecule has 1 nitrogen and oxygen atoms in total. The van der Waals surface area contributed by atoms with Crippen molar-refractivity contribution in [2.75, 3.05) is 31.6 Å². The maximum atomic E-state index is 2.49. The lowest BCUT2D eigenvalue weighted by Crippen LogP contribution is -3.00. The molecule has 0 bridgehead atoms. The number of nitrogens with zero attached hydrogens (tertiary/aromatic N) is 1. The van der Waals surface area contributed by atoms with Crippen LogP contribution in [0.25, 0.3) is 0 Å². The first kappa shape index (κ1) is 13.5. The van der Waals surface area contributed by atoms with Gasteiger partial charge >= 0.3 is 0 Å². The van der Waals surface area contributed by atoms with Crippen molar-refractivity contribution in [3.05, 3.63) is 0 Å². The van der Waals surface area contributed by atoms with Gasteiger partial charge in [0, 0.05) is 0 Å². The minimum atomic E-state index is 0. The Bertz CT molecular complexity index is 164. The molecule has 84 valence electrons. The molecular weight excluding hydrogens is 325 g/mol. The van der Waals surface area contributed by atoms with Crippen molar-refractivity contribution in [2.45, 2.75) is 31.7 Å². The highest BCUT2D eigenvalue weighted by molar-refractivity contribution is 8.77. The quantitative estimate of drug-likeness (QED) is 0.366. The molecule has 0 aliphatic carbocycles. The van der Waals surface area contributed by atoms with E-state index < -0.39 is 0 Å². The second kappa shape index (κ2) is 6.21. The molecule has 0 amide bonds. The lowest BCUT2D eigenvalue weighted by molar-refractivity contribution is -0.927. The summed E-state index contributed by atoms with van der Waals surface area (Å²) in [7, 11) is 6.65. The second-order valence-electron chi connectivity index (χ2n) is 4.56. The number of likely N-dealkylation sites (tertiary alicyclic amines) is 1. The normalized spacial score (nSPS) is 28.1.